The lowest BCUT2D eigenvalue weighted by molar-refractivity contribution is -0.130. The van der Waals surface area contributed by atoms with Crippen LogP contribution in [0.1, 0.15) is 19.0 Å². The van der Waals surface area contributed by atoms with Crippen LogP contribution < -0.4 is 5.32 Å². The van der Waals surface area contributed by atoms with Gasteiger partial charge in [-0.3, -0.25) is 9.48 Å². The van der Waals surface area contributed by atoms with Crippen LogP contribution in [0.5, 0.6) is 0 Å². The van der Waals surface area contributed by atoms with E-state index in [0.717, 1.165) is 5.69 Å². The summed E-state index contributed by atoms with van der Waals surface area (Å²) < 4.78 is 1.69. The van der Waals surface area contributed by atoms with Crippen LogP contribution in [0.4, 0.5) is 0 Å². The topological polar surface area (TPSA) is 83.3 Å². The zero-order valence-corrected chi connectivity index (χ0v) is 11.1. The maximum absolute atomic E-state index is 11.6. The van der Waals surface area contributed by atoms with E-state index in [0.29, 0.717) is 19.5 Å². The van der Waals surface area contributed by atoms with Crippen LogP contribution in [0, 0.1) is 0 Å². The normalized spacial score (nSPS) is 12.4. The molecule has 2 N–H and O–H groups in total. The molecule has 0 spiro atoms. The first kappa shape index (κ1) is 14.6. The van der Waals surface area contributed by atoms with E-state index >= 15 is 0 Å². The predicted octanol–water partition coefficient (Wildman–Crippen LogP) is -0.773. The fourth-order valence-corrected chi connectivity index (χ4v) is 1.49. The molecule has 0 aliphatic carbocycles. The molecule has 0 aliphatic rings. The first-order valence-corrected chi connectivity index (χ1v) is 5.99. The fraction of sp³-hybridized carbons (Fsp3) is 0.727. The summed E-state index contributed by atoms with van der Waals surface area (Å²) in [5.74, 6) is 0.0303. The van der Waals surface area contributed by atoms with Gasteiger partial charge < -0.3 is 15.3 Å². The van der Waals surface area contributed by atoms with E-state index < -0.39 is 0 Å². The zero-order chi connectivity index (χ0) is 13.5. The van der Waals surface area contributed by atoms with Crippen molar-refractivity contribution in [2.45, 2.75) is 32.5 Å². The summed E-state index contributed by atoms with van der Waals surface area (Å²) in [4.78, 5) is 13.2. The van der Waals surface area contributed by atoms with Crippen LogP contribution in [-0.4, -0.2) is 57.7 Å². The van der Waals surface area contributed by atoms with Gasteiger partial charge in [-0.15, -0.1) is 5.10 Å². The Bertz CT molecular complexity index is 377. The molecule has 1 amide bonds. The van der Waals surface area contributed by atoms with Crippen molar-refractivity contribution in [2.75, 3.05) is 20.7 Å². The van der Waals surface area contributed by atoms with E-state index in [1.165, 1.54) is 0 Å². The van der Waals surface area contributed by atoms with E-state index in [9.17, 15) is 4.79 Å². The van der Waals surface area contributed by atoms with E-state index in [1.54, 1.807) is 23.7 Å². The summed E-state index contributed by atoms with van der Waals surface area (Å²) in [6, 6.07) is -0.248. The van der Waals surface area contributed by atoms with Crippen LogP contribution in [-0.2, 0) is 17.9 Å². The summed E-state index contributed by atoms with van der Waals surface area (Å²) >= 11 is 0. The number of aliphatic hydroxyl groups excluding tert-OH is 1. The molecule has 0 saturated heterocycles. The highest BCUT2D eigenvalue weighted by molar-refractivity contribution is 5.80. The van der Waals surface area contributed by atoms with Crippen molar-refractivity contribution < 1.29 is 9.90 Å². The van der Waals surface area contributed by atoms with Crippen LogP contribution in [0.15, 0.2) is 6.20 Å². The highest BCUT2D eigenvalue weighted by atomic mass is 16.3. The lowest BCUT2D eigenvalue weighted by Gasteiger charge is -2.17. The molecular formula is C11H21N5O2. The quantitative estimate of drug-likeness (QED) is 0.668. The van der Waals surface area contributed by atoms with Gasteiger partial charge >= 0.3 is 0 Å². The largest absolute Gasteiger partial charge is 0.396 e. The van der Waals surface area contributed by atoms with Crippen molar-refractivity contribution in [3.63, 3.8) is 0 Å². The Kier molecular flexibility index (Phi) is 5.73. The average Bonchev–Trinajstić information content (AvgIpc) is 2.80. The number of rotatable bonds is 7. The minimum atomic E-state index is -0.248. The number of carbonyl (C=O) groups is 1. The van der Waals surface area contributed by atoms with Gasteiger partial charge in [-0.2, -0.15) is 0 Å². The van der Waals surface area contributed by atoms with Gasteiger partial charge in [-0.25, -0.2) is 0 Å². The van der Waals surface area contributed by atoms with Crippen molar-refractivity contribution >= 4 is 5.91 Å². The molecule has 0 aliphatic heterocycles. The maximum Gasteiger partial charge on any atom is 0.238 e. The molecule has 0 radical (unpaired) electrons. The third-order valence-electron chi connectivity index (χ3n) is 2.53. The summed E-state index contributed by atoms with van der Waals surface area (Å²) in [7, 11) is 3.46. The number of likely N-dealkylation sites (N-methyl/N-ethyl adjacent to an activating group) is 1. The van der Waals surface area contributed by atoms with Gasteiger partial charge in [-0.05, 0) is 13.3 Å². The molecule has 102 valence electrons. The standard InChI is InChI=1S/C11H21N5O2/c1-9(11(18)15(2)3)12-7-10-8-16(14-13-10)5-4-6-17/h8-9,12,17H,4-7H2,1-3H3. The van der Waals surface area contributed by atoms with Crippen molar-refractivity contribution in [1.82, 2.24) is 25.2 Å². The molecule has 0 fully saturated rings. The van der Waals surface area contributed by atoms with E-state index in [4.69, 9.17) is 5.11 Å². The first-order chi connectivity index (χ1) is 8.54. The second-order valence-electron chi connectivity index (χ2n) is 4.39. The molecule has 7 nitrogen and oxygen atoms in total. The molecule has 1 rings (SSSR count). The zero-order valence-electron chi connectivity index (χ0n) is 11.1. The number of amides is 1. The molecule has 1 heterocycles. The third kappa shape index (κ3) is 4.42. The van der Waals surface area contributed by atoms with Gasteiger partial charge in [0.1, 0.15) is 0 Å². The van der Waals surface area contributed by atoms with Gasteiger partial charge in [0.25, 0.3) is 0 Å². The summed E-state index contributed by atoms with van der Waals surface area (Å²) in [5, 5.41) is 19.7. The third-order valence-corrected chi connectivity index (χ3v) is 2.53. The van der Waals surface area contributed by atoms with Crippen molar-refractivity contribution in [2.24, 2.45) is 0 Å². The summed E-state index contributed by atoms with van der Waals surface area (Å²) in [6.45, 7) is 3.11. The second-order valence-corrected chi connectivity index (χ2v) is 4.39. The molecular weight excluding hydrogens is 234 g/mol. The minimum absolute atomic E-state index is 0.0303. The number of nitrogens with one attached hydrogen (secondary N) is 1. The average molecular weight is 255 g/mol. The monoisotopic (exact) mass is 255 g/mol. The van der Waals surface area contributed by atoms with Crippen molar-refractivity contribution in [3.05, 3.63) is 11.9 Å². The number of aromatic nitrogens is 3. The van der Waals surface area contributed by atoms with Crippen LogP contribution >= 0.6 is 0 Å². The Morgan fingerprint density at radius 1 is 1.61 bits per heavy atom. The van der Waals surface area contributed by atoms with Crippen LogP contribution in [0.2, 0.25) is 0 Å². The number of hydrogen-bond acceptors (Lipinski definition) is 5. The van der Waals surface area contributed by atoms with Crippen molar-refractivity contribution in [3.8, 4) is 0 Å². The highest BCUT2D eigenvalue weighted by Crippen LogP contribution is 1.96. The van der Waals surface area contributed by atoms with E-state index in [-0.39, 0.29) is 18.6 Å². The molecule has 0 aromatic carbocycles. The lowest BCUT2D eigenvalue weighted by atomic mass is 10.3. The fourth-order valence-electron chi connectivity index (χ4n) is 1.49. The molecule has 18 heavy (non-hydrogen) atoms. The Hall–Kier alpha value is -1.47. The SMILES string of the molecule is CC(NCc1cn(CCCO)nn1)C(=O)N(C)C. The van der Waals surface area contributed by atoms with E-state index in [1.807, 2.05) is 13.1 Å². The summed E-state index contributed by atoms with van der Waals surface area (Å²) in [5.41, 5.74) is 0.784. The number of nitrogens with zero attached hydrogens (tertiary/aromatic N) is 4. The predicted molar refractivity (Wildman–Crippen MR) is 66.7 cm³/mol. The molecule has 1 atom stereocenters. The van der Waals surface area contributed by atoms with Gasteiger partial charge in [0.15, 0.2) is 0 Å². The molecule has 1 aromatic rings. The maximum atomic E-state index is 11.6. The Morgan fingerprint density at radius 3 is 2.94 bits per heavy atom. The molecule has 1 unspecified atom stereocenters. The lowest BCUT2D eigenvalue weighted by Crippen LogP contribution is -2.41. The Balaban J connectivity index is 2.39. The molecule has 0 bridgehead atoms. The van der Waals surface area contributed by atoms with Crippen LogP contribution in [0.3, 0.4) is 0 Å². The molecule has 7 heteroatoms. The number of carbonyl (C=O) groups excluding carboxylic acids is 1. The first-order valence-electron chi connectivity index (χ1n) is 5.99. The van der Waals surface area contributed by atoms with Gasteiger partial charge in [0.2, 0.25) is 5.91 Å². The molecule has 0 saturated carbocycles. The molecule has 1 aromatic heterocycles. The smallest absolute Gasteiger partial charge is 0.238 e. The number of aryl methyl sites for hydroxylation is 1. The van der Waals surface area contributed by atoms with Gasteiger partial charge in [0, 0.05) is 40.0 Å². The highest BCUT2D eigenvalue weighted by Gasteiger charge is 2.14. The number of aliphatic hydroxyl groups is 1. The minimum Gasteiger partial charge on any atom is -0.396 e. The second kappa shape index (κ2) is 7.07. The summed E-state index contributed by atoms with van der Waals surface area (Å²) in [6.07, 6.45) is 2.47. The van der Waals surface area contributed by atoms with Gasteiger partial charge in [0.05, 0.1) is 11.7 Å². The van der Waals surface area contributed by atoms with Crippen molar-refractivity contribution in [1.29, 1.82) is 0 Å². The Morgan fingerprint density at radius 2 is 2.33 bits per heavy atom. The van der Waals surface area contributed by atoms with Crippen LogP contribution in [0.25, 0.3) is 0 Å². The van der Waals surface area contributed by atoms with Gasteiger partial charge in [-0.1, -0.05) is 5.21 Å². The number of hydrogen-bond donors (Lipinski definition) is 2. The Labute approximate surface area is 107 Å². The van der Waals surface area contributed by atoms with E-state index in [2.05, 4.69) is 15.6 Å².